The maximum Gasteiger partial charge on any atom is 0.305 e. The quantitative estimate of drug-likeness (QED) is 0.331. The summed E-state index contributed by atoms with van der Waals surface area (Å²) in [7, 11) is 3.36. The topological polar surface area (TPSA) is 72.0 Å². The highest BCUT2D eigenvalue weighted by atomic mass is 16.5. The Balaban J connectivity index is 2.29. The van der Waals surface area contributed by atoms with Crippen molar-refractivity contribution in [2.24, 2.45) is 4.99 Å². The van der Waals surface area contributed by atoms with Crippen LogP contribution in [-0.4, -0.2) is 39.2 Å². The van der Waals surface area contributed by atoms with Gasteiger partial charge >= 0.3 is 5.97 Å². The van der Waals surface area contributed by atoms with Crippen LogP contribution in [-0.2, 0) is 16.1 Å². The lowest BCUT2D eigenvalue weighted by Crippen LogP contribution is -2.37. The minimum absolute atomic E-state index is 0.163. The minimum Gasteiger partial charge on any atom is -0.497 e. The Bertz CT molecular complexity index is 489. The number of hydrogen-bond acceptors (Lipinski definition) is 4. The van der Waals surface area contributed by atoms with E-state index in [0.29, 0.717) is 38.5 Å². The summed E-state index contributed by atoms with van der Waals surface area (Å²) in [5.41, 5.74) is 1.11. The van der Waals surface area contributed by atoms with Crippen LogP contribution in [0.2, 0.25) is 0 Å². The molecule has 0 saturated carbocycles. The van der Waals surface area contributed by atoms with Crippen LogP contribution >= 0.6 is 0 Å². The summed E-state index contributed by atoms with van der Waals surface area (Å²) in [5.74, 6) is 1.37. The Kier molecular flexibility index (Phi) is 8.49. The third-order valence-electron chi connectivity index (χ3n) is 2.97. The molecule has 0 bridgehead atoms. The Labute approximate surface area is 131 Å². The van der Waals surface area contributed by atoms with Gasteiger partial charge in [0, 0.05) is 26.6 Å². The van der Waals surface area contributed by atoms with Crippen molar-refractivity contribution in [2.45, 2.75) is 26.3 Å². The van der Waals surface area contributed by atoms with Crippen molar-refractivity contribution in [1.29, 1.82) is 0 Å². The molecule has 0 unspecified atom stereocenters. The lowest BCUT2D eigenvalue weighted by molar-refractivity contribution is -0.143. The summed E-state index contributed by atoms with van der Waals surface area (Å²) in [6.45, 7) is 3.54. The number of guanidine groups is 1. The van der Waals surface area contributed by atoms with E-state index < -0.39 is 0 Å². The average Bonchev–Trinajstić information content (AvgIpc) is 2.54. The van der Waals surface area contributed by atoms with E-state index in [1.54, 1.807) is 21.1 Å². The zero-order valence-electron chi connectivity index (χ0n) is 13.5. The SMILES string of the molecule is CCOC(=O)CCCNC(=NC)NCc1cccc(OC)c1. The van der Waals surface area contributed by atoms with Gasteiger partial charge in [-0.25, -0.2) is 0 Å². The molecule has 0 atom stereocenters. The van der Waals surface area contributed by atoms with Gasteiger partial charge in [0.25, 0.3) is 0 Å². The largest absolute Gasteiger partial charge is 0.497 e. The molecule has 0 saturated heterocycles. The van der Waals surface area contributed by atoms with E-state index in [9.17, 15) is 4.79 Å². The molecule has 0 aliphatic carbocycles. The molecule has 1 rings (SSSR count). The predicted molar refractivity (Wildman–Crippen MR) is 87.1 cm³/mol. The van der Waals surface area contributed by atoms with Crippen molar-refractivity contribution in [3.63, 3.8) is 0 Å². The molecule has 0 aliphatic rings. The van der Waals surface area contributed by atoms with Gasteiger partial charge in [-0.3, -0.25) is 9.79 Å². The van der Waals surface area contributed by atoms with E-state index in [2.05, 4.69) is 15.6 Å². The number of aliphatic imine (C=N–C) groups is 1. The van der Waals surface area contributed by atoms with Gasteiger partial charge in [0.2, 0.25) is 0 Å². The first kappa shape index (κ1) is 17.8. The van der Waals surface area contributed by atoms with Crippen molar-refractivity contribution in [3.8, 4) is 5.75 Å². The van der Waals surface area contributed by atoms with Crippen LogP contribution in [0.25, 0.3) is 0 Å². The molecule has 0 fully saturated rings. The first-order chi connectivity index (χ1) is 10.7. The highest BCUT2D eigenvalue weighted by Crippen LogP contribution is 2.11. The second kappa shape index (κ2) is 10.5. The first-order valence-electron chi connectivity index (χ1n) is 7.42. The van der Waals surface area contributed by atoms with Gasteiger partial charge in [0.15, 0.2) is 5.96 Å². The van der Waals surface area contributed by atoms with Gasteiger partial charge in [-0.1, -0.05) is 12.1 Å². The highest BCUT2D eigenvalue weighted by Gasteiger charge is 2.02. The molecule has 0 radical (unpaired) electrons. The molecular weight excluding hydrogens is 282 g/mol. The maximum absolute atomic E-state index is 11.2. The van der Waals surface area contributed by atoms with E-state index in [0.717, 1.165) is 11.3 Å². The fourth-order valence-electron chi connectivity index (χ4n) is 1.86. The summed E-state index contributed by atoms with van der Waals surface area (Å²) >= 11 is 0. The first-order valence-corrected chi connectivity index (χ1v) is 7.42. The number of rotatable bonds is 8. The van der Waals surface area contributed by atoms with Crippen molar-refractivity contribution in [3.05, 3.63) is 29.8 Å². The van der Waals surface area contributed by atoms with Crippen LogP contribution < -0.4 is 15.4 Å². The van der Waals surface area contributed by atoms with Crippen molar-refractivity contribution >= 4 is 11.9 Å². The Morgan fingerprint density at radius 1 is 1.32 bits per heavy atom. The summed E-state index contributed by atoms with van der Waals surface area (Å²) in [6.07, 6.45) is 1.12. The number of ether oxygens (including phenoxy) is 2. The monoisotopic (exact) mass is 307 g/mol. The molecule has 2 N–H and O–H groups in total. The normalized spacial score (nSPS) is 11.0. The molecule has 1 aromatic rings. The number of carbonyl (C=O) groups excluding carboxylic acids is 1. The van der Waals surface area contributed by atoms with Gasteiger partial charge in [0.05, 0.1) is 13.7 Å². The minimum atomic E-state index is -0.163. The molecule has 0 heterocycles. The molecule has 1 aromatic carbocycles. The van der Waals surface area contributed by atoms with Gasteiger partial charge in [-0.05, 0) is 31.0 Å². The van der Waals surface area contributed by atoms with E-state index >= 15 is 0 Å². The fourth-order valence-corrected chi connectivity index (χ4v) is 1.86. The second-order valence-corrected chi connectivity index (χ2v) is 4.61. The van der Waals surface area contributed by atoms with Crippen molar-refractivity contribution in [2.75, 3.05) is 27.3 Å². The third-order valence-corrected chi connectivity index (χ3v) is 2.97. The zero-order valence-corrected chi connectivity index (χ0v) is 13.5. The number of hydrogen-bond donors (Lipinski definition) is 2. The summed E-state index contributed by atoms with van der Waals surface area (Å²) in [4.78, 5) is 15.4. The number of esters is 1. The molecule has 6 heteroatoms. The van der Waals surface area contributed by atoms with Gasteiger partial charge in [-0.2, -0.15) is 0 Å². The number of carbonyl (C=O) groups is 1. The number of nitrogens with one attached hydrogen (secondary N) is 2. The molecule has 0 spiro atoms. The van der Waals surface area contributed by atoms with Crippen LogP contribution in [0.1, 0.15) is 25.3 Å². The number of benzene rings is 1. The lowest BCUT2D eigenvalue weighted by Gasteiger charge is -2.12. The second-order valence-electron chi connectivity index (χ2n) is 4.61. The van der Waals surface area contributed by atoms with Gasteiger partial charge in [0.1, 0.15) is 5.75 Å². The summed E-state index contributed by atoms with van der Waals surface area (Å²) < 4.78 is 10.1. The molecule has 22 heavy (non-hydrogen) atoms. The van der Waals surface area contributed by atoms with E-state index in [1.165, 1.54) is 0 Å². The average molecular weight is 307 g/mol. The van der Waals surface area contributed by atoms with Crippen LogP contribution in [0.5, 0.6) is 5.75 Å². The number of nitrogens with zero attached hydrogens (tertiary/aromatic N) is 1. The summed E-state index contributed by atoms with van der Waals surface area (Å²) in [6, 6.07) is 7.85. The van der Waals surface area contributed by atoms with E-state index in [4.69, 9.17) is 9.47 Å². The Morgan fingerprint density at radius 2 is 2.14 bits per heavy atom. The highest BCUT2D eigenvalue weighted by molar-refractivity contribution is 5.79. The van der Waals surface area contributed by atoms with Gasteiger partial charge < -0.3 is 20.1 Å². The predicted octanol–water partition coefficient (Wildman–Crippen LogP) is 1.70. The van der Waals surface area contributed by atoms with Gasteiger partial charge in [-0.15, -0.1) is 0 Å². The van der Waals surface area contributed by atoms with Crippen LogP contribution in [0, 0.1) is 0 Å². The molecule has 0 amide bonds. The molecule has 0 aliphatic heterocycles. The molecule has 6 nitrogen and oxygen atoms in total. The Hall–Kier alpha value is -2.24. The summed E-state index contributed by atoms with van der Waals surface area (Å²) in [5, 5.41) is 6.38. The third kappa shape index (κ3) is 6.97. The fraction of sp³-hybridized carbons (Fsp3) is 0.500. The van der Waals surface area contributed by atoms with Crippen molar-refractivity contribution < 1.29 is 14.3 Å². The van der Waals surface area contributed by atoms with Crippen LogP contribution in [0.15, 0.2) is 29.3 Å². The zero-order chi connectivity index (χ0) is 16.2. The van der Waals surface area contributed by atoms with E-state index in [1.807, 2.05) is 24.3 Å². The van der Waals surface area contributed by atoms with Crippen molar-refractivity contribution in [1.82, 2.24) is 10.6 Å². The molecule has 122 valence electrons. The number of methoxy groups -OCH3 is 1. The molecule has 0 aromatic heterocycles. The smallest absolute Gasteiger partial charge is 0.305 e. The van der Waals surface area contributed by atoms with Crippen LogP contribution in [0.3, 0.4) is 0 Å². The lowest BCUT2D eigenvalue weighted by atomic mass is 10.2. The van der Waals surface area contributed by atoms with E-state index in [-0.39, 0.29) is 5.97 Å². The Morgan fingerprint density at radius 3 is 2.82 bits per heavy atom. The van der Waals surface area contributed by atoms with Crippen LogP contribution in [0.4, 0.5) is 0 Å². The standard InChI is InChI=1S/C16H25N3O3/c1-4-22-15(20)9-6-10-18-16(17-2)19-12-13-7-5-8-14(11-13)21-3/h5,7-8,11H,4,6,9-10,12H2,1-3H3,(H2,17,18,19). The maximum atomic E-state index is 11.2. The molecular formula is C16H25N3O3.